The maximum Gasteiger partial charge on any atom is 0.412 e. The van der Waals surface area contributed by atoms with E-state index in [9.17, 15) is 14.4 Å². The molecule has 1 heterocycles. The SMILES string of the molecule is CCN(CCCC(=O)O)C(=O)c1nonc1NC(=O)OCC1c2ccccc2-c2ccccc21. The van der Waals surface area contributed by atoms with Gasteiger partial charge in [0.05, 0.1) is 0 Å². The van der Waals surface area contributed by atoms with E-state index in [0.717, 1.165) is 22.3 Å². The second kappa shape index (κ2) is 10.2. The van der Waals surface area contributed by atoms with E-state index < -0.39 is 18.0 Å². The Hall–Kier alpha value is -4.21. The fraction of sp³-hybridized carbons (Fsp3) is 0.292. The summed E-state index contributed by atoms with van der Waals surface area (Å²) in [6.07, 6.45) is -0.568. The molecule has 0 bridgehead atoms. The molecular weight excluding hydrogens is 440 g/mol. The molecule has 1 aliphatic carbocycles. The van der Waals surface area contributed by atoms with Crippen LogP contribution in [0, 0.1) is 0 Å². The van der Waals surface area contributed by atoms with Crippen LogP contribution >= 0.6 is 0 Å². The molecule has 1 aromatic heterocycles. The van der Waals surface area contributed by atoms with Crippen molar-refractivity contribution in [2.24, 2.45) is 0 Å². The van der Waals surface area contributed by atoms with E-state index in [2.05, 4.69) is 20.3 Å². The fourth-order valence-electron chi connectivity index (χ4n) is 4.12. The number of aromatic nitrogens is 2. The summed E-state index contributed by atoms with van der Waals surface area (Å²) in [6.45, 7) is 2.41. The lowest BCUT2D eigenvalue weighted by Gasteiger charge is -2.19. The van der Waals surface area contributed by atoms with Crippen LogP contribution in [-0.2, 0) is 9.53 Å². The van der Waals surface area contributed by atoms with Crippen molar-refractivity contribution in [2.45, 2.75) is 25.7 Å². The first-order chi connectivity index (χ1) is 16.5. The highest BCUT2D eigenvalue weighted by atomic mass is 16.6. The Morgan fingerprint density at radius 3 is 2.32 bits per heavy atom. The molecule has 0 radical (unpaired) electrons. The summed E-state index contributed by atoms with van der Waals surface area (Å²) in [4.78, 5) is 37.4. The number of nitrogens with zero attached hydrogens (tertiary/aromatic N) is 3. The number of fused-ring (bicyclic) bond motifs is 3. The number of benzene rings is 2. The largest absolute Gasteiger partial charge is 0.481 e. The van der Waals surface area contributed by atoms with Gasteiger partial charge in [0.1, 0.15) is 6.61 Å². The van der Waals surface area contributed by atoms with Crippen LogP contribution < -0.4 is 5.32 Å². The van der Waals surface area contributed by atoms with E-state index in [-0.39, 0.29) is 43.4 Å². The van der Waals surface area contributed by atoms with Gasteiger partial charge in [-0.05, 0) is 45.9 Å². The molecule has 0 saturated heterocycles. The zero-order valence-electron chi connectivity index (χ0n) is 18.6. The van der Waals surface area contributed by atoms with Crippen LogP contribution in [0.3, 0.4) is 0 Å². The van der Waals surface area contributed by atoms with Crippen molar-refractivity contribution in [3.8, 4) is 11.1 Å². The molecule has 10 heteroatoms. The number of rotatable bonds is 9. The maximum atomic E-state index is 12.8. The third-order valence-corrected chi connectivity index (χ3v) is 5.74. The summed E-state index contributed by atoms with van der Waals surface area (Å²) >= 11 is 0. The Morgan fingerprint density at radius 2 is 1.71 bits per heavy atom. The molecule has 0 aliphatic heterocycles. The first-order valence-electron chi connectivity index (χ1n) is 10.9. The van der Waals surface area contributed by atoms with Crippen molar-refractivity contribution < 1.29 is 28.9 Å². The average Bonchev–Trinajstić information content (AvgIpc) is 3.42. The van der Waals surface area contributed by atoms with Gasteiger partial charge in [-0.1, -0.05) is 48.5 Å². The lowest BCUT2D eigenvalue weighted by Crippen LogP contribution is -2.33. The minimum atomic E-state index is -0.941. The van der Waals surface area contributed by atoms with Gasteiger partial charge in [0.2, 0.25) is 11.5 Å². The highest BCUT2D eigenvalue weighted by Gasteiger charge is 2.30. The quantitative estimate of drug-likeness (QED) is 0.489. The van der Waals surface area contributed by atoms with E-state index >= 15 is 0 Å². The van der Waals surface area contributed by atoms with Gasteiger partial charge in [0.15, 0.2) is 0 Å². The summed E-state index contributed by atoms with van der Waals surface area (Å²) in [5.41, 5.74) is 4.21. The maximum absolute atomic E-state index is 12.8. The molecule has 0 unspecified atom stereocenters. The van der Waals surface area contributed by atoms with Gasteiger partial charge in [-0.25, -0.2) is 9.42 Å². The summed E-state index contributed by atoms with van der Waals surface area (Å²) in [5.74, 6) is -1.73. The Bertz CT molecular complexity index is 1160. The molecule has 2 aromatic carbocycles. The van der Waals surface area contributed by atoms with Gasteiger partial charge in [0, 0.05) is 25.4 Å². The van der Waals surface area contributed by atoms with Gasteiger partial charge >= 0.3 is 12.1 Å². The summed E-state index contributed by atoms with van der Waals surface area (Å²) in [6, 6.07) is 16.0. The van der Waals surface area contributed by atoms with Gasteiger partial charge in [-0.2, -0.15) is 0 Å². The minimum Gasteiger partial charge on any atom is -0.481 e. The number of carboxylic acids is 1. The molecule has 0 fully saturated rings. The van der Waals surface area contributed by atoms with Crippen LogP contribution in [0.5, 0.6) is 0 Å². The number of aliphatic carboxylic acids is 1. The molecule has 176 valence electrons. The van der Waals surface area contributed by atoms with E-state index in [1.807, 2.05) is 48.5 Å². The third kappa shape index (κ3) is 4.75. The van der Waals surface area contributed by atoms with E-state index in [1.165, 1.54) is 4.90 Å². The van der Waals surface area contributed by atoms with Crippen molar-refractivity contribution >= 4 is 23.8 Å². The van der Waals surface area contributed by atoms with E-state index in [4.69, 9.17) is 9.84 Å². The molecule has 4 rings (SSSR count). The second-order valence-electron chi connectivity index (χ2n) is 7.79. The minimum absolute atomic E-state index is 0.0638. The predicted molar refractivity (Wildman–Crippen MR) is 121 cm³/mol. The molecule has 0 atom stereocenters. The number of amides is 2. The van der Waals surface area contributed by atoms with Crippen molar-refractivity contribution in [1.82, 2.24) is 15.2 Å². The molecule has 0 spiro atoms. The number of hydrogen-bond acceptors (Lipinski definition) is 7. The predicted octanol–water partition coefficient (Wildman–Crippen LogP) is 3.76. The van der Waals surface area contributed by atoms with E-state index in [1.54, 1.807) is 6.92 Å². The first kappa shape index (κ1) is 23.0. The van der Waals surface area contributed by atoms with Crippen LogP contribution in [0.2, 0.25) is 0 Å². The van der Waals surface area contributed by atoms with Crippen molar-refractivity contribution in [3.05, 3.63) is 65.4 Å². The molecule has 3 aromatic rings. The third-order valence-electron chi connectivity index (χ3n) is 5.74. The smallest absolute Gasteiger partial charge is 0.412 e. The molecule has 2 N–H and O–H groups in total. The highest BCUT2D eigenvalue weighted by Crippen LogP contribution is 2.44. The number of ether oxygens (including phenoxy) is 1. The Labute approximate surface area is 195 Å². The first-order valence-corrected chi connectivity index (χ1v) is 10.9. The van der Waals surface area contributed by atoms with Gasteiger partial charge in [-0.15, -0.1) is 0 Å². The zero-order valence-corrected chi connectivity index (χ0v) is 18.6. The molecule has 34 heavy (non-hydrogen) atoms. The fourth-order valence-corrected chi connectivity index (χ4v) is 4.12. The molecule has 10 nitrogen and oxygen atoms in total. The van der Waals surface area contributed by atoms with Crippen molar-refractivity contribution in [3.63, 3.8) is 0 Å². The average molecular weight is 464 g/mol. The lowest BCUT2D eigenvalue weighted by atomic mass is 9.98. The van der Waals surface area contributed by atoms with Gasteiger partial charge in [0.25, 0.3) is 5.91 Å². The number of anilines is 1. The summed E-state index contributed by atoms with van der Waals surface area (Å²) < 4.78 is 10.1. The highest BCUT2D eigenvalue weighted by molar-refractivity contribution is 5.99. The van der Waals surface area contributed by atoms with Crippen LogP contribution in [-0.4, -0.2) is 58.0 Å². The molecule has 0 saturated carbocycles. The van der Waals surface area contributed by atoms with Crippen LogP contribution in [0.25, 0.3) is 11.1 Å². The van der Waals surface area contributed by atoms with Crippen molar-refractivity contribution in [2.75, 3.05) is 25.0 Å². The zero-order chi connectivity index (χ0) is 24.1. The Balaban J connectivity index is 1.40. The number of nitrogens with one attached hydrogen (secondary N) is 1. The van der Waals surface area contributed by atoms with E-state index in [0.29, 0.717) is 6.54 Å². The lowest BCUT2D eigenvalue weighted by molar-refractivity contribution is -0.137. The normalized spacial score (nSPS) is 12.0. The Kier molecular flexibility index (Phi) is 6.86. The van der Waals surface area contributed by atoms with Crippen molar-refractivity contribution in [1.29, 1.82) is 0 Å². The number of carbonyl (C=O) groups excluding carboxylic acids is 2. The number of hydrogen-bond donors (Lipinski definition) is 2. The van der Waals surface area contributed by atoms with Gasteiger partial charge in [-0.3, -0.25) is 14.9 Å². The summed E-state index contributed by atoms with van der Waals surface area (Å²) in [7, 11) is 0. The molecular formula is C24H24N4O6. The van der Waals surface area contributed by atoms with Crippen LogP contribution in [0.15, 0.2) is 53.2 Å². The monoisotopic (exact) mass is 464 g/mol. The standard InChI is InChI=1S/C24H24N4O6/c1-2-28(13-7-12-20(29)30)23(31)21-22(27-34-26-21)25-24(32)33-14-19-17-10-5-3-8-15(17)16-9-4-6-11-18(16)19/h3-6,8-11,19H,2,7,12-14H2,1H3,(H,29,30)(H,25,27,32). The topological polar surface area (TPSA) is 135 Å². The Morgan fingerprint density at radius 1 is 1.06 bits per heavy atom. The van der Waals surface area contributed by atoms with Gasteiger partial charge < -0.3 is 14.7 Å². The van der Waals surface area contributed by atoms with Crippen LogP contribution in [0.1, 0.15) is 47.3 Å². The molecule has 2 amide bonds. The molecule has 1 aliphatic rings. The van der Waals surface area contributed by atoms with Crippen LogP contribution in [0.4, 0.5) is 10.6 Å². The second-order valence-corrected chi connectivity index (χ2v) is 7.79. The number of carbonyl (C=O) groups is 3. The number of carboxylic acid groups (broad SMARTS) is 1. The summed E-state index contributed by atoms with van der Waals surface area (Å²) in [5, 5.41) is 18.5.